The Morgan fingerprint density at radius 2 is 2.21 bits per heavy atom. The first-order valence-electron chi connectivity index (χ1n) is 3.98. The largest absolute Gasteiger partial charge is 0.349 e. The molecule has 0 amide bonds. The number of aromatic nitrogens is 1. The van der Waals surface area contributed by atoms with Crippen molar-refractivity contribution in [3.8, 4) is 0 Å². The lowest BCUT2D eigenvalue weighted by Gasteiger charge is -1.95. The molecule has 0 aliphatic rings. The van der Waals surface area contributed by atoms with Crippen molar-refractivity contribution in [1.82, 2.24) is 4.57 Å². The molecule has 0 unspecified atom stereocenters. The van der Waals surface area contributed by atoms with Crippen LogP contribution in [0.15, 0.2) is 24.4 Å². The van der Waals surface area contributed by atoms with Crippen molar-refractivity contribution in [2.45, 2.75) is 0 Å². The minimum absolute atomic E-state index is 0.0790. The Morgan fingerprint density at radius 1 is 1.50 bits per heavy atom. The first kappa shape index (κ1) is 9.02. The van der Waals surface area contributed by atoms with E-state index < -0.39 is 4.92 Å². The molecule has 0 aliphatic carbocycles. The molecule has 1 heterocycles. The summed E-state index contributed by atoms with van der Waals surface area (Å²) in [5.41, 5.74) is 0.847. The summed E-state index contributed by atoms with van der Waals surface area (Å²) in [6, 6.07) is 4.63. The van der Waals surface area contributed by atoms with Crippen LogP contribution in [0.4, 0.5) is 5.69 Å². The van der Waals surface area contributed by atoms with Crippen LogP contribution in [0.3, 0.4) is 0 Å². The van der Waals surface area contributed by atoms with Crippen LogP contribution in [0.2, 0.25) is 5.02 Å². The Hall–Kier alpha value is -1.55. The van der Waals surface area contributed by atoms with Gasteiger partial charge in [0.15, 0.2) is 0 Å². The molecule has 14 heavy (non-hydrogen) atoms. The second-order valence-electron chi connectivity index (χ2n) is 3.05. The predicted molar refractivity (Wildman–Crippen MR) is 54.6 cm³/mol. The van der Waals surface area contributed by atoms with Gasteiger partial charge in [-0.25, -0.2) is 0 Å². The Bertz CT molecular complexity index is 519. The van der Waals surface area contributed by atoms with Crippen molar-refractivity contribution in [3.63, 3.8) is 0 Å². The summed E-state index contributed by atoms with van der Waals surface area (Å²) < 4.78 is 1.77. The highest BCUT2D eigenvalue weighted by Crippen LogP contribution is 2.27. The van der Waals surface area contributed by atoms with E-state index in [9.17, 15) is 10.1 Å². The van der Waals surface area contributed by atoms with Crippen LogP contribution in [-0.2, 0) is 7.05 Å². The molecular weight excluding hydrogens is 204 g/mol. The van der Waals surface area contributed by atoms with E-state index in [0.717, 1.165) is 10.9 Å². The number of nitrogens with zero attached hydrogens (tertiary/aromatic N) is 2. The molecule has 0 aliphatic heterocycles. The Kier molecular flexibility index (Phi) is 1.93. The van der Waals surface area contributed by atoms with Gasteiger partial charge in [-0.15, -0.1) is 0 Å². The van der Waals surface area contributed by atoms with E-state index in [2.05, 4.69) is 0 Å². The van der Waals surface area contributed by atoms with Gasteiger partial charge in [0.1, 0.15) is 0 Å². The van der Waals surface area contributed by atoms with Crippen LogP contribution in [0.1, 0.15) is 0 Å². The Balaban J connectivity index is 2.77. The molecule has 0 N–H and O–H groups in total. The zero-order valence-corrected chi connectivity index (χ0v) is 8.15. The Morgan fingerprint density at radius 3 is 2.86 bits per heavy atom. The zero-order valence-electron chi connectivity index (χ0n) is 7.40. The van der Waals surface area contributed by atoms with E-state index in [1.165, 1.54) is 12.1 Å². The number of aryl methyl sites for hydroxylation is 1. The number of rotatable bonds is 1. The SMILES string of the molecule is Cn1cc(Cl)c2ccc([N+](=O)[O-])cc21. The molecule has 2 aromatic rings. The van der Waals surface area contributed by atoms with E-state index in [4.69, 9.17) is 11.6 Å². The van der Waals surface area contributed by atoms with E-state index in [1.54, 1.807) is 23.9 Å². The van der Waals surface area contributed by atoms with Crippen molar-refractivity contribution in [3.05, 3.63) is 39.5 Å². The summed E-state index contributed by atoms with van der Waals surface area (Å²) in [5, 5.41) is 12.0. The third-order valence-electron chi connectivity index (χ3n) is 2.14. The highest BCUT2D eigenvalue weighted by atomic mass is 35.5. The topological polar surface area (TPSA) is 48.1 Å². The highest BCUT2D eigenvalue weighted by Gasteiger charge is 2.10. The summed E-state index contributed by atoms with van der Waals surface area (Å²) in [5.74, 6) is 0. The predicted octanol–water partition coefficient (Wildman–Crippen LogP) is 2.74. The maximum atomic E-state index is 10.5. The minimum atomic E-state index is -0.416. The monoisotopic (exact) mass is 210 g/mol. The number of non-ortho nitro benzene ring substituents is 1. The molecule has 0 spiro atoms. The van der Waals surface area contributed by atoms with Gasteiger partial charge in [-0.3, -0.25) is 10.1 Å². The van der Waals surface area contributed by atoms with Crippen molar-refractivity contribution in [1.29, 1.82) is 0 Å². The molecule has 0 fully saturated rings. The lowest BCUT2D eigenvalue weighted by atomic mass is 10.2. The van der Waals surface area contributed by atoms with Crippen LogP contribution in [0.25, 0.3) is 10.9 Å². The molecule has 72 valence electrons. The van der Waals surface area contributed by atoms with Gasteiger partial charge < -0.3 is 4.57 Å². The standard InChI is InChI=1S/C9H7ClN2O2/c1-11-5-8(10)7-3-2-6(12(13)14)4-9(7)11/h2-5H,1H3. The van der Waals surface area contributed by atoms with Crippen molar-refractivity contribution < 1.29 is 4.92 Å². The average Bonchev–Trinajstić information content (AvgIpc) is 2.42. The second kappa shape index (κ2) is 2.99. The first-order chi connectivity index (χ1) is 6.59. The van der Waals surface area contributed by atoms with Crippen LogP contribution in [0.5, 0.6) is 0 Å². The summed E-state index contributed by atoms with van der Waals surface area (Å²) in [6.45, 7) is 0. The second-order valence-corrected chi connectivity index (χ2v) is 3.45. The van der Waals surface area contributed by atoms with Crippen LogP contribution < -0.4 is 0 Å². The zero-order chi connectivity index (χ0) is 10.3. The first-order valence-corrected chi connectivity index (χ1v) is 4.36. The number of hydrogen-bond donors (Lipinski definition) is 0. The fourth-order valence-corrected chi connectivity index (χ4v) is 1.74. The fraction of sp³-hybridized carbons (Fsp3) is 0.111. The quantitative estimate of drug-likeness (QED) is 0.537. The average molecular weight is 211 g/mol. The third-order valence-corrected chi connectivity index (χ3v) is 2.44. The third kappa shape index (κ3) is 1.24. The number of nitro benzene ring substituents is 1. The smallest absolute Gasteiger partial charge is 0.271 e. The molecule has 0 saturated heterocycles. The van der Waals surface area contributed by atoms with Crippen molar-refractivity contribution >= 4 is 28.2 Å². The maximum absolute atomic E-state index is 10.5. The van der Waals surface area contributed by atoms with Crippen molar-refractivity contribution in [2.75, 3.05) is 0 Å². The molecule has 2 rings (SSSR count). The van der Waals surface area contributed by atoms with Gasteiger partial charge in [0.2, 0.25) is 0 Å². The number of hydrogen-bond acceptors (Lipinski definition) is 2. The molecule has 1 aromatic heterocycles. The normalized spacial score (nSPS) is 10.7. The van der Waals surface area contributed by atoms with Crippen molar-refractivity contribution in [2.24, 2.45) is 7.05 Å². The van der Waals surface area contributed by atoms with Gasteiger partial charge in [0.25, 0.3) is 5.69 Å². The van der Waals surface area contributed by atoms with E-state index in [0.29, 0.717) is 5.02 Å². The molecule has 4 nitrogen and oxygen atoms in total. The maximum Gasteiger partial charge on any atom is 0.271 e. The summed E-state index contributed by atoms with van der Waals surface area (Å²) in [6.07, 6.45) is 1.73. The molecule has 0 saturated carbocycles. The fourth-order valence-electron chi connectivity index (χ4n) is 1.44. The van der Waals surface area contributed by atoms with Gasteiger partial charge in [-0.2, -0.15) is 0 Å². The van der Waals surface area contributed by atoms with Gasteiger partial charge in [-0.05, 0) is 6.07 Å². The van der Waals surface area contributed by atoms with Gasteiger partial charge in [-0.1, -0.05) is 11.6 Å². The summed E-state index contributed by atoms with van der Waals surface area (Å²) in [4.78, 5) is 10.1. The molecule has 0 bridgehead atoms. The number of nitro groups is 1. The van der Waals surface area contributed by atoms with E-state index in [1.807, 2.05) is 0 Å². The Labute approximate surface area is 84.9 Å². The van der Waals surface area contributed by atoms with Gasteiger partial charge in [0, 0.05) is 30.8 Å². The lowest BCUT2D eigenvalue weighted by Crippen LogP contribution is -1.89. The van der Waals surface area contributed by atoms with E-state index in [-0.39, 0.29) is 5.69 Å². The van der Waals surface area contributed by atoms with E-state index >= 15 is 0 Å². The molecular formula is C9H7ClN2O2. The molecule has 1 aromatic carbocycles. The minimum Gasteiger partial charge on any atom is -0.349 e. The lowest BCUT2D eigenvalue weighted by molar-refractivity contribution is -0.384. The summed E-state index contributed by atoms with van der Waals surface area (Å²) >= 11 is 5.92. The highest BCUT2D eigenvalue weighted by molar-refractivity contribution is 6.35. The van der Waals surface area contributed by atoms with Gasteiger partial charge in [0.05, 0.1) is 15.5 Å². The number of fused-ring (bicyclic) bond motifs is 1. The number of halogens is 1. The number of benzene rings is 1. The molecule has 0 radical (unpaired) electrons. The van der Waals surface area contributed by atoms with Crippen LogP contribution >= 0.6 is 11.6 Å². The molecule has 5 heteroatoms. The van der Waals surface area contributed by atoms with Crippen LogP contribution in [0, 0.1) is 10.1 Å². The molecule has 0 atom stereocenters. The van der Waals surface area contributed by atoms with Crippen LogP contribution in [-0.4, -0.2) is 9.49 Å². The summed E-state index contributed by atoms with van der Waals surface area (Å²) in [7, 11) is 1.80. The van der Waals surface area contributed by atoms with Gasteiger partial charge >= 0.3 is 0 Å².